The number of carbonyl (C=O) groups excluding carboxylic acids is 12. The topological polar surface area (TPSA) is 577 Å². The molecule has 1 fully saturated rings. The SMILES string of the molecule is CC[C@H](C)[C@@H]([C@@H](CC(=O)N1CCC[C@H]1[C@H](OC)[C@@H](C)C(=O)N[C@@H](Cc1ccccc1)C(=O)NCCCOC(=O)C(C)NC(=O)CCCCC(=O)OCC(COC(CO)OC(CO)COC(CO)OC(CO)CO)OC(CO)OCC(COC(=O)CCCC(=O)O)OC(CO)OCCNC(=O)CCCCCN1C(=O)C=CC1=O)OC)N(C)C(=O)[C@@H](NC(=O)[C@H](C(C)C)N(C)C)C(C)C. The molecule has 132 heavy (non-hydrogen) atoms. The molecule has 43 nitrogen and oxygen atoms in total. The number of hydrogen-bond acceptors (Lipinski definition) is 34. The highest BCUT2D eigenvalue weighted by Gasteiger charge is 2.44. The first-order valence-corrected chi connectivity index (χ1v) is 45.3. The number of ether oxygens (including phenoxy) is 13. The van der Waals surface area contributed by atoms with Crippen molar-refractivity contribution >= 4 is 77.0 Å². The number of carboxylic acids is 1. The minimum atomic E-state index is -1.65. The van der Waals surface area contributed by atoms with Gasteiger partial charge in [0.1, 0.15) is 55.8 Å². The summed E-state index contributed by atoms with van der Waals surface area (Å²) in [5.74, 6) is -8.55. The van der Waals surface area contributed by atoms with E-state index in [1.165, 1.54) is 33.3 Å². The molecular formula is C89H149N9O34. The summed E-state index contributed by atoms with van der Waals surface area (Å²) in [6.07, 6.45) is -7.91. The summed E-state index contributed by atoms with van der Waals surface area (Å²) in [5, 5.41) is 93.0. The maximum Gasteiger partial charge on any atom is 0.328 e. The first-order valence-electron chi connectivity index (χ1n) is 45.3. The zero-order valence-corrected chi connectivity index (χ0v) is 78.8. The lowest BCUT2D eigenvalue weighted by Gasteiger charge is -2.41. The number of imide groups is 1. The van der Waals surface area contributed by atoms with E-state index in [-0.39, 0.29) is 145 Å². The van der Waals surface area contributed by atoms with E-state index in [0.717, 1.165) is 10.5 Å². The van der Waals surface area contributed by atoms with Crippen LogP contribution in [0.2, 0.25) is 0 Å². The summed E-state index contributed by atoms with van der Waals surface area (Å²) in [5.41, 5.74) is 0.741. The molecule has 1 aromatic carbocycles. The fourth-order valence-corrected chi connectivity index (χ4v) is 14.7. The maximum atomic E-state index is 14.7. The van der Waals surface area contributed by atoms with E-state index >= 15 is 0 Å². The van der Waals surface area contributed by atoms with Gasteiger partial charge in [-0.1, -0.05) is 91.6 Å². The van der Waals surface area contributed by atoms with Crippen LogP contribution >= 0.6 is 0 Å². The molecule has 0 aromatic heterocycles. The molecule has 17 atom stereocenters. The molecular weight excluding hydrogens is 1740 g/mol. The first-order chi connectivity index (χ1) is 63.0. The average molecular weight is 1890 g/mol. The number of methoxy groups -OCH3 is 2. The van der Waals surface area contributed by atoms with Gasteiger partial charge in [0.15, 0.2) is 25.2 Å². The van der Waals surface area contributed by atoms with Gasteiger partial charge in [-0.05, 0) is 95.7 Å². The fourth-order valence-electron chi connectivity index (χ4n) is 14.7. The smallest absolute Gasteiger partial charge is 0.328 e. The van der Waals surface area contributed by atoms with Crippen molar-refractivity contribution in [1.29, 1.82) is 0 Å². The van der Waals surface area contributed by atoms with E-state index in [1.54, 1.807) is 35.9 Å². The second-order valence-electron chi connectivity index (χ2n) is 33.4. The second kappa shape index (κ2) is 66.1. The van der Waals surface area contributed by atoms with E-state index in [4.69, 9.17) is 66.7 Å². The van der Waals surface area contributed by atoms with Crippen molar-refractivity contribution in [3.63, 3.8) is 0 Å². The van der Waals surface area contributed by atoms with Crippen molar-refractivity contribution in [1.82, 2.24) is 46.2 Å². The summed E-state index contributed by atoms with van der Waals surface area (Å²) in [6.45, 7) is 6.53. The molecule has 0 spiro atoms. The van der Waals surface area contributed by atoms with Gasteiger partial charge in [-0.15, -0.1) is 0 Å². The number of aliphatic hydroxyl groups is 7. The molecule has 2 aliphatic heterocycles. The van der Waals surface area contributed by atoms with E-state index in [2.05, 4.69) is 26.6 Å². The number of aliphatic carboxylic acids is 1. The minimum Gasteiger partial charge on any atom is -0.481 e. The van der Waals surface area contributed by atoms with E-state index < -0.39 is 237 Å². The van der Waals surface area contributed by atoms with E-state index in [9.17, 15) is 98.1 Å². The van der Waals surface area contributed by atoms with Gasteiger partial charge in [-0.25, -0.2) is 4.79 Å². The van der Waals surface area contributed by atoms with Crippen molar-refractivity contribution in [2.24, 2.45) is 23.7 Å². The number of unbranched alkanes of at least 4 members (excludes halogenated alkanes) is 3. The number of nitrogens with zero attached hydrogens (tertiary/aromatic N) is 4. The van der Waals surface area contributed by atoms with Crippen LogP contribution in [0.25, 0.3) is 0 Å². The predicted molar refractivity (Wildman–Crippen MR) is 471 cm³/mol. The van der Waals surface area contributed by atoms with Crippen LogP contribution in [0.1, 0.15) is 164 Å². The molecule has 2 heterocycles. The van der Waals surface area contributed by atoms with Gasteiger partial charge in [-0.2, -0.15) is 0 Å². The van der Waals surface area contributed by atoms with Crippen LogP contribution in [-0.4, -0.2) is 390 Å². The Morgan fingerprint density at radius 2 is 1.07 bits per heavy atom. The quantitative estimate of drug-likeness (QED) is 0.0126. The Hall–Kier alpha value is -8.45. The number of esters is 3. The molecule has 8 unspecified atom stereocenters. The van der Waals surface area contributed by atoms with Crippen LogP contribution in [0, 0.1) is 23.7 Å². The summed E-state index contributed by atoms with van der Waals surface area (Å²) in [6, 6.07) is 4.33. The summed E-state index contributed by atoms with van der Waals surface area (Å²) in [7, 11) is 8.27. The predicted octanol–water partition coefficient (Wildman–Crippen LogP) is -0.724. The summed E-state index contributed by atoms with van der Waals surface area (Å²) in [4.78, 5) is 177. The standard InChI is InChI=1S/C89H149N9O34/c1-14-58(6)83(96(11)88(118)81(56(2)3)94-87(117)82(57(4)5)95(9)10)68(120-12)43-73(110)97-39-24-28-67(97)84(121-13)59(7)85(115)93-66(42-61-26-17-15-18-27-61)86(116)91-36-25-40-123-89(119)60(8)92-70(107)30-20-21-32-75(113)124-53-65(55-127-79(49-104)130-63(46-101)51-126-78(48-103)129-62(44-99)45-100)132-80(50-105)128-54-64(52-125-76(114)33-23-31-74(111)112)131-77(47-102)122-41-37-90-69(106)29-19-16-22-38-98-71(108)34-35-72(98)109/h15,17-18,26-27,34-35,56-60,62-68,77-84,99-105H,14,16,19-25,28-33,36-55H2,1-13H3,(H,90,106)(H,91,116)(H,92,107)(H,93,115)(H,94,117)(H,111,112)/t58-,59+,60?,63?,64?,65?,66-,67-,68+,77?,78?,79?,80?,81-,82-,83-,84+/m0/s1. The highest BCUT2D eigenvalue weighted by molar-refractivity contribution is 6.12. The number of carbonyl (C=O) groups is 13. The number of likely N-dealkylation sites (N-methyl/N-ethyl adjacent to an activating group) is 2. The van der Waals surface area contributed by atoms with Gasteiger partial charge in [0.25, 0.3) is 11.8 Å². The maximum absolute atomic E-state index is 14.7. The Bertz CT molecular complexity index is 3580. The summed E-state index contributed by atoms with van der Waals surface area (Å²) >= 11 is 0. The Morgan fingerprint density at radius 3 is 1.60 bits per heavy atom. The molecule has 0 radical (unpaired) electrons. The van der Waals surface area contributed by atoms with Crippen LogP contribution in [0.15, 0.2) is 42.5 Å². The number of benzene rings is 1. The number of aliphatic hydroxyl groups excluding tert-OH is 7. The van der Waals surface area contributed by atoms with Crippen molar-refractivity contribution in [2.45, 2.75) is 263 Å². The van der Waals surface area contributed by atoms with Crippen molar-refractivity contribution in [3.05, 3.63) is 48.0 Å². The second-order valence-corrected chi connectivity index (χ2v) is 33.4. The highest BCUT2D eigenvalue weighted by atomic mass is 16.7. The normalized spacial score (nSPS) is 17.1. The molecule has 43 heteroatoms. The van der Waals surface area contributed by atoms with E-state index in [1.807, 2.05) is 78.7 Å². The van der Waals surface area contributed by atoms with Crippen molar-refractivity contribution < 1.29 is 165 Å². The number of nitrogens with one attached hydrogen (secondary N) is 5. The molecule has 1 aromatic rings. The number of hydrogen-bond donors (Lipinski definition) is 13. The van der Waals surface area contributed by atoms with Crippen LogP contribution in [-0.2, 0) is 130 Å². The molecule has 0 bridgehead atoms. The lowest BCUT2D eigenvalue weighted by atomic mass is 9.89. The number of amides is 9. The number of rotatable bonds is 74. The zero-order chi connectivity index (χ0) is 98.4. The van der Waals surface area contributed by atoms with Crippen molar-refractivity contribution in [3.8, 4) is 0 Å². The van der Waals surface area contributed by atoms with Gasteiger partial charge in [-0.3, -0.25) is 67.3 Å². The average Bonchev–Trinajstić information content (AvgIpc) is 1.21. The molecule has 0 saturated carbocycles. The van der Waals surface area contributed by atoms with Crippen LogP contribution in [0.5, 0.6) is 0 Å². The molecule has 754 valence electrons. The number of carboxylic acid groups (broad SMARTS) is 1. The highest BCUT2D eigenvalue weighted by Crippen LogP contribution is 2.31. The van der Waals surface area contributed by atoms with Crippen LogP contribution in [0.3, 0.4) is 0 Å². The number of likely N-dealkylation sites (tertiary alicyclic amines) is 1. The van der Waals surface area contributed by atoms with Gasteiger partial charge in [0.2, 0.25) is 41.4 Å². The lowest BCUT2D eigenvalue weighted by Crippen LogP contribution is -2.59. The van der Waals surface area contributed by atoms with Crippen LogP contribution in [0.4, 0.5) is 0 Å². The zero-order valence-electron chi connectivity index (χ0n) is 78.8. The Morgan fingerprint density at radius 1 is 0.530 bits per heavy atom. The first kappa shape index (κ1) is 118. The van der Waals surface area contributed by atoms with Gasteiger partial charge >= 0.3 is 23.9 Å². The monoisotopic (exact) mass is 1890 g/mol. The van der Waals surface area contributed by atoms with Crippen LogP contribution < -0.4 is 26.6 Å². The van der Waals surface area contributed by atoms with Gasteiger partial charge in [0.05, 0.1) is 122 Å². The molecule has 9 amide bonds. The third-order valence-electron chi connectivity index (χ3n) is 22.0. The van der Waals surface area contributed by atoms with E-state index in [0.29, 0.717) is 45.1 Å². The molecule has 3 rings (SSSR count). The molecule has 0 aliphatic carbocycles. The molecule has 2 aliphatic rings. The Kier molecular flexibility index (Phi) is 58.9. The van der Waals surface area contributed by atoms with Gasteiger partial charge < -0.3 is 139 Å². The van der Waals surface area contributed by atoms with Crippen molar-refractivity contribution in [2.75, 3.05) is 154 Å². The Balaban J connectivity index is 1.64. The largest absolute Gasteiger partial charge is 0.481 e. The summed E-state index contributed by atoms with van der Waals surface area (Å²) < 4.78 is 73.9. The molecule has 1 saturated heterocycles. The fraction of sp³-hybridized carbons (Fsp3) is 0.764. The van der Waals surface area contributed by atoms with Gasteiger partial charge in [0, 0.05) is 98.1 Å². The third kappa shape index (κ3) is 44.4. The Labute approximate surface area is 773 Å². The molecule has 13 N–H and O–H groups in total. The minimum absolute atomic E-state index is 0.00606. The lowest BCUT2D eigenvalue weighted by molar-refractivity contribution is -0.262. The third-order valence-corrected chi connectivity index (χ3v) is 22.0.